The van der Waals surface area contributed by atoms with Crippen LogP contribution in [-0.4, -0.2) is 29.4 Å². The van der Waals surface area contributed by atoms with Crippen LogP contribution >= 0.6 is 0 Å². The van der Waals surface area contributed by atoms with Gasteiger partial charge in [0.15, 0.2) is 0 Å². The fraction of sp³-hybridized carbons (Fsp3) is 0.818. The molecule has 1 heterocycles. The lowest BCUT2D eigenvalue weighted by atomic mass is 9.97. The number of primary amides is 1. The van der Waals surface area contributed by atoms with Crippen LogP contribution < -0.4 is 5.73 Å². The van der Waals surface area contributed by atoms with Crippen molar-refractivity contribution in [1.29, 1.82) is 0 Å². The number of rotatable bonds is 4. The van der Waals surface area contributed by atoms with Crippen molar-refractivity contribution in [1.82, 2.24) is 4.90 Å². The molecule has 3 nitrogen and oxygen atoms in total. The van der Waals surface area contributed by atoms with Crippen LogP contribution in [0.1, 0.15) is 39.5 Å². The fourth-order valence-electron chi connectivity index (χ4n) is 2.28. The van der Waals surface area contributed by atoms with E-state index in [0.29, 0.717) is 6.04 Å². The normalized spacial score (nSPS) is 24.1. The van der Waals surface area contributed by atoms with Crippen molar-refractivity contribution in [2.75, 3.05) is 6.54 Å². The molecule has 1 aliphatic heterocycles. The van der Waals surface area contributed by atoms with Gasteiger partial charge in [0.05, 0.1) is 6.04 Å². The van der Waals surface area contributed by atoms with Gasteiger partial charge in [-0.3, -0.25) is 9.69 Å². The van der Waals surface area contributed by atoms with Crippen LogP contribution in [0.15, 0.2) is 0 Å². The molecule has 0 aliphatic carbocycles. The molecule has 81 valence electrons. The number of carbonyl (C=O) groups is 1. The molecule has 2 N–H and O–H groups in total. The van der Waals surface area contributed by atoms with E-state index in [0.717, 1.165) is 32.2 Å². The van der Waals surface area contributed by atoms with E-state index in [9.17, 15) is 4.79 Å². The smallest absolute Gasteiger partial charge is 0.234 e. The Morgan fingerprint density at radius 3 is 2.71 bits per heavy atom. The van der Waals surface area contributed by atoms with Crippen LogP contribution in [0.25, 0.3) is 0 Å². The molecule has 0 saturated carbocycles. The van der Waals surface area contributed by atoms with Crippen molar-refractivity contribution in [3.05, 3.63) is 6.42 Å². The Kier molecular flexibility index (Phi) is 4.39. The van der Waals surface area contributed by atoms with Gasteiger partial charge in [-0.1, -0.05) is 13.8 Å². The summed E-state index contributed by atoms with van der Waals surface area (Å²) in [5.41, 5.74) is 5.40. The highest BCUT2D eigenvalue weighted by molar-refractivity contribution is 5.80. The van der Waals surface area contributed by atoms with Crippen molar-refractivity contribution in [3.63, 3.8) is 0 Å². The van der Waals surface area contributed by atoms with Gasteiger partial charge in [-0.05, 0) is 38.6 Å². The summed E-state index contributed by atoms with van der Waals surface area (Å²) in [6.45, 7) is 5.33. The number of nitrogens with zero attached hydrogens (tertiary/aromatic N) is 1. The molecular formula is C11H21N2O. The molecule has 0 aromatic heterocycles. The van der Waals surface area contributed by atoms with E-state index < -0.39 is 0 Å². The van der Waals surface area contributed by atoms with Crippen LogP contribution in [0.3, 0.4) is 0 Å². The quantitative estimate of drug-likeness (QED) is 0.739. The predicted octanol–water partition coefficient (Wildman–Crippen LogP) is 1.33. The molecule has 0 aromatic rings. The summed E-state index contributed by atoms with van der Waals surface area (Å²) in [6.07, 6.45) is 6.28. The van der Waals surface area contributed by atoms with Crippen LogP contribution in [-0.2, 0) is 4.79 Å². The highest BCUT2D eigenvalue weighted by atomic mass is 16.1. The third kappa shape index (κ3) is 2.47. The van der Waals surface area contributed by atoms with Gasteiger partial charge >= 0.3 is 0 Å². The molecule has 1 radical (unpaired) electrons. The second-order valence-corrected chi connectivity index (χ2v) is 3.94. The Labute approximate surface area is 86.6 Å². The van der Waals surface area contributed by atoms with E-state index in [1.54, 1.807) is 0 Å². The van der Waals surface area contributed by atoms with Crippen molar-refractivity contribution in [2.24, 2.45) is 5.73 Å². The third-order valence-electron chi connectivity index (χ3n) is 3.12. The Bertz CT molecular complexity index is 190. The monoisotopic (exact) mass is 197 g/mol. The van der Waals surface area contributed by atoms with Crippen molar-refractivity contribution >= 4 is 5.91 Å². The summed E-state index contributed by atoms with van der Waals surface area (Å²) in [6, 6.07) is 0.454. The molecule has 1 aliphatic rings. The number of carbonyl (C=O) groups excluding carboxylic acids is 1. The van der Waals surface area contributed by atoms with E-state index in [1.807, 2.05) is 0 Å². The Morgan fingerprint density at radius 1 is 1.57 bits per heavy atom. The molecular weight excluding hydrogens is 176 g/mol. The molecule has 0 aromatic carbocycles. The van der Waals surface area contributed by atoms with Gasteiger partial charge in [0, 0.05) is 6.04 Å². The number of piperidine rings is 1. The first-order chi connectivity index (χ1) is 6.70. The number of hydrogen-bond acceptors (Lipinski definition) is 2. The van der Waals surface area contributed by atoms with Crippen molar-refractivity contribution in [2.45, 2.75) is 51.6 Å². The first-order valence-corrected chi connectivity index (χ1v) is 5.57. The molecule has 1 unspecified atom stereocenters. The average molecular weight is 197 g/mol. The maximum absolute atomic E-state index is 11.3. The lowest BCUT2D eigenvalue weighted by Crippen LogP contribution is -2.52. The molecule has 14 heavy (non-hydrogen) atoms. The van der Waals surface area contributed by atoms with Crippen LogP contribution in [0.5, 0.6) is 0 Å². The lowest BCUT2D eigenvalue weighted by molar-refractivity contribution is -0.125. The van der Waals surface area contributed by atoms with Crippen molar-refractivity contribution in [3.8, 4) is 0 Å². The topological polar surface area (TPSA) is 46.3 Å². The molecule has 1 atom stereocenters. The molecule has 1 saturated heterocycles. The van der Waals surface area contributed by atoms with Gasteiger partial charge in [-0.15, -0.1) is 0 Å². The van der Waals surface area contributed by atoms with Gasteiger partial charge in [0.1, 0.15) is 0 Å². The van der Waals surface area contributed by atoms with Gasteiger partial charge in [-0.2, -0.15) is 0 Å². The highest BCUT2D eigenvalue weighted by Crippen LogP contribution is 2.21. The molecule has 1 rings (SSSR count). The zero-order valence-corrected chi connectivity index (χ0v) is 9.20. The second kappa shape index (κ2) is 5.35. The highest BCUT2D eigenvalue weighted by Gasteiger charge is 2.30. The minimum Gasteiger partial charge on any atom is -0.368 e. The maximum Gasteiger partial charge on any atom is 0.234 e. The number of amides is 1. The maximum atomic E-state index is 11.3. The Balaban J connectivity index is 2.65. The van der Waals surface area contributed by atoms with Crippen molar-refractivity contribution < 1.29 is 4.79 Å². The minimum atomic E-state index is -0.173. The second-order valence-electron chi connectivity index (χ2n) is 3.94. The van der Waals surface area contributed by atoms with Crippen LogP contribution in [0.4, 0.5) is 0 Å². The molecule has 0 spiro atoms. The van der Waals surface area contributed by atoms with E-state index in [2.05, 4.69) is 25.2 Å². The SMILES string of the molecule is CCC(CC)N1CC[CH]CC1C(N)=O. The summed E-state index contributed by atoms with van der Waals surface area (Å²) >= 11 is 0. The zero-order valence-electron chi connectivity index (χ0n) is 9.20. The van der Waals surface area contributed by atoms with E-state index in [1.165, 1.54) is 0 Å². The summed E-state index contributed by atoms with van der Waals surface area (Å²) in [7, 11) is 0. The lowest BCUT2D eigenvalue weighted by Gasteiger charge is -2.38. The van der Waals surface area contributed by atoms with Crippen LogP contribution in [0, 0.1) is 6.42 Å². The fourth-order valence-corrected chi connectivity index (χ4v) is 2.28. The largest absolute Gasteiger partial charge is 0.368 e. The Hall–Kier alpha value is -0.570. The predicted molar refractivity (Wildman–Crippen MR) is 57.6 cm³/mol. The Morgan fingerprint density at radius 2 is 2.21 bits per heavy atom. The third-order valence-corrected chi connectivity index (χ3v) is 3.12. The summed E-state index contributed by atoms with van der Waals surface area (Å²) in [4.78, 5) is 13.5. The summed E-state index contributed by atoms with van der Waals surface area (Å²) in [5, 5.41) is 0. The zero-order chi connectivity index (χ0) is 10.6. The minimum absolute atomic E-state index is 0.0614. The van der Waals surface area contributed by atoms with Crippen LogP contribution in [0.2, 0.25) is 0 Å². The van der Waals surface area contributed by atoms with E-state index >= 15 is 0 Å². The van der Waals surface area contributed by atoms with Gasteiger partial charge < -0.3 is 5.73 Å². The number of likely N-dealkylation sites (tertiary alicyclic amines) is 1. The first kappa shape index (κ1) is 11.5. The van der Waals surface area contributed by atoms with E-state index in [4.69, 9.17) is 5.73 Å². The molecule has 3 heteroatoms. The summed E-state index contributed by atoms with van der Waals surface area (Å²) < 4.78 is 0. The van der Waals surface area contributed by atoms with E-state index in [-0.39, 0.29) is 11.9 Å². The van der Waals surface area contributed by atoms with Gasteiger partial charge in [0.2, 0.25) is 5.91 Å². The molecule has 0 bridgehead atoms. The van der Waals surface area contributed by atoms with Gasteiger partial charge in [-0.25, -0.2) is 0 Å². The van der Waals surface area contributed by atoms with Gasteiger partial charge in [0.25, 0.3) is 0 Å². The first-order valence-electron chi connectivity index (χ1n) is 5.57. The average Bonchev–Trinajstić information content (AvgIpc) is 2.20. The molecule has 1 amide bonds. The molecule has 1 fully saturated rings. The summed E-state index contributed by atoms with van der Waals surface area (Å²) in [5.74, 6) is -0.173. The number of nitrogens with two attached hydrogens (primary N) is 1. The standard InChI is InChI=1S/C11H21N2O/c1-3-9(4-2)13-8-6-5-7-10(13)11(12)14/h5,9-10H,3-4,6-8H2,1-2H3,(H2,12,14). The number of hydrogen-bond donors (Lipinski definition) is 1.